The van der Waals surface area contributed by atoms with E-state index in [1.165, 1.54) is 6.26 Å². The lowest BCUT2D eigenvalue weighted by Crippen LogP contribution is -2.47. The molecule has 0 bridgehead atoms. The molecule has 0 fully saturated rings. The minimum absolute atomic E-state index is 0. The molecule has 1 aromatic rings. The number of nitrogens with one attached hydrogen (secondary N) is 2. The van der Waals surface area contributed by atoms with Crippen molar-refractivity contribution >= 4 is 39.8 Å². The van der Waals surface area contributed by atoms with Gasteiger partial charge in [-0.2, -0.15) is 0 Å². The van der Waals surface area contributed by atoms with Gasteiger partial charge in [0, 0.05) is 24.9 Å². The number of aliphatic imine (C=N–C) groups is 1. The summed E-state index contributed by atoms with van der Waals surface area (Å²) in [4.78, 5) is 4.50. The van der Waals surface area contributed by atoms with E-state index in [-0.39, 0.29) is 30.5 Å². The fourth-order valence-corrected chi connectivity index (χ4v) is 2.10. The third-order valence-electron chi connectivity index (χ3n) is 3.63. The van der Waals surface area contributed by atoms with Crippen molar-refractivity contribution in [1.82, 2.24) is 10.6 Å². The monoisotopic (exact) mass is 469 g/mol. The van der Waals surface area contributed by atoms with E-state index < -0.39 is 14.6 Å². The molecule has 0 unspecified atom stereocenters. The number of nitrogens with zero attached hydrogens (tertiary/aromatic N) is 1. The van der Waals surface area contributed by atoms with Crippen molar-refractivity contribution < 1.29 is 13.2 Å². The van der Waals surface area contributed by atoms with Crippen molar-refractivity contribution in [3.05, 3.63) is 29.8 Å². The van der Waals surface area contributed by atoms with Gasteiger partial charge < -0.3 is 15.4 Å². The average molecular weight is 469 g/mol. The van der Waals surface area contributed by atoms with Crippen molar-refractivity contribution in [3.8, 4) is 5.75 Å². The summed E-state index contributed by atoms with van der Waals surface area (Å²) in [6.45, 7) is 6.76. The number of rotatable bonds is 7. The molecule has 0 spiro atoms. The first-order chi connectivity index (χ1) is 10.7. The van der Waals surface area contributed by atoms with E-state index in [0.717, 1.165) is 11.3 Å². The smallest absolute Gasteiger partial charge is 0.191 e. The van der Waals surface area contributed by atoms with Gasteiger partial charge in [-0.3, -0.25) is 0 Å². The Morgan fingerprint density at radius 1 is 1.25 bits per heavy atom. The Hall–Kier alpha value is -1.03. The van der Waals surface area contributed by atoms with Crippen LogP contribution in [0.5, 0.6) is 5.75 Å². The van der Waals surface area contributed by atoms with Crippen LogP contribution in [0.25, 0.3) is 0 Å². The molecule has 24 heavy (non-hydrogen) atoms. The molecule has 0 radical (unpaired) electrons. The topological polar surface area (TPSA) is 79.8 Å². The molecule has 2 N–H and O–H groups in total. The molecule has 6 nitrogen and oxygen atoms in total. The highest BCUT2D eigenvalue weighted by Crippen LogP contribution is 2.18. The fraction of sp³-hybridized carbons (Fsp3) is 0.562. The third kappa shape index (κ3) is 6.84. The number of methoxy groups -OCH3 is 1. The minimum atomic E-state index is -3.16. The van der Waals surface area contributed by atoms with Gasteiger partial charge in [0.15, 0.2) is 15.8 Å². The zero-order valence-corrected chi connectivity index (χ0v) is 18.1. The summed E-state index contributed by atoms with van der Waals surface area (Å²) in [6, 6.07) is 7.68. The number of para-hydroxylation sites is 1. The summed E-state index contributed by atoms with van der Waals surface area (Å²) in [5.74, 6) is 1.36. The Morgan fingerprint density at radius 3 is 2.42 bits per heavy atom. The first-order valence-electron chi connectivity index (χ1n) is 7.55. The van der Waals surface area contributed by atoms with Crippen LogP contribution in [0.1, 0.15) is 26.3 Å². The van der Waals surface area contributed by atoms with Gasteiger partial charge in [0.05, 0.1) is 18.4 Å². The van der Waals surface area contributed by atoms with Crippen LogP contribution in [0.15, 0.2) is 29.3 Å². The predicted octanol–water partition coefficient (Wildman–Crippen LogP) is 2.19. The van der Waals surface area contributed by atoms with Crippen LogP contribution in [-0.4, -0.2) is 45.6 Å². The Bertz CT molecular complexity index is 646. The lowest BCUT2D eigenvalue weighted by molar-refractivity contribution is 0.410. The van der Waals surface area contributed by atoms with Crippen molar-refractivity contribution in [1.29, 1.82) is 0 Å². The number of halogens is 1. The van der Waals surface area contributed by atoms with E-state index in [4.69, 9.17) is 4.74 Å². The van der Waals surface area contributed by atoms with Gasteiger partial charge in [-0.25, -0.2) is 13.4 Å². The van der Waals surface area contributed by atoms with Crippen molar-refractivity contribution in [2.75, 3.05) is 26.5 Å². The first-order valence-corrected chi connectivity index (χ1v) is 9.44. The first kappa shape index (κ1) is 23.0. The van der Waals surface area contributed by atoms with E-state index >= 15 is 0 Å². The molecular formula is C16H28IN3O3S. The number of guanidine groups is 1. The lowest BCUT2D eigenvalue weighted by atomic mass is 10.2. The second kappa shape index (κ2) is 10.1. The van der Waals surface area contributed by atoms with Gasteiger partial charge in [0.2, 0.25) is 0 Å². The van der Waals surface area contributed by atoms with Gasteiger partial charge >= 0.3 is 0 Å². The molecule has 0 aliphatic heterocycles. The van der Waals surface area contributed by atoms with Gasteiger partial charge in [0.25, 0.3) is 0 Å². The highest BCUT2D eigenvalue weighted by atomic mass is 127. The van der Waals surface area contributed by atoms with Crippen LogP contribution in [0, 0.1) is 0 Å². The van der Waals surface area contributed by atoms with Crippen LogP contribution in [-0.2, 0) is 16.4 Å². The van der Waals surface area contributed by atoms with Gasteiger partial charge in [-0.05, 0) is 26.8 Å². The van der Waals surface area contributed by atoms with Crippen molar-refractivity contribution in [2.45, 2.75) is 32.1 Å². The number of hydrogen-bond acceptors (Lipinski definition) is 4. The zero-order chi connectivity index (χ0) is 17.5. The fourth-order valence-electron chi connectivity index (χ4n) is 1.77. The molecule has 8 heteroatoms. The highest BCUT2D eigenvalue weighted by Gasteiger charge is 2.30. The maximum Gasteiger partial charge on any atom is 0.191 e. The number of benzene rings is 1. The number of sulfone groups is 1. The summed E-state index contributed by atoms with van der Waals surface area (Å²) in [7, 11) is -1.53. The average Bonchev–Trinajstić information content (AvgIpc) is 2.49. The Kier molecular flexibility index (Phi) is 9.64. The standard InChI is InChI=1S/C16H27N3O3S.HI/c1-6-17-15(19-12-16(2,3)23(5,20)21)18-11-13-9-7-8-10-14(13)22-4;/h7-10H,6,11-12H2,1-5H3,(H2,17,18,19);1H. The summed E-state index contributed by atoms with van der Waals surface area (Å²) < 4.78 is 28.0. The lowest BCUT2D eigenvalue weighted by Gasteiger charge is -2.24. The third-order valence-corrected chi connectivity index (χ3v) is 5.78. The predicted molar refractivity (Wildman–Crippen MR) is 110 cm³/mol. The zero-order valence-electron chi connectivity index (χ0n) is 14.9. The summed E-state index contributed by atoms with van der Waals surface area (Å²) >= 11 is 0. The maximum absolute atomic E-state index is 11.8. The minimum Gasteiger partial charge on any atom is -0.496 e. The largest absolute Gasteiger partial charge is 0.496 e. The molecule has 0 atom stereocenters. The Balaban J connectivity index is 0.00000529. The molecular weight excluding hydrogens is 441 g/mol. The van der Waals surface area contributed by atoms with E-state index in [1.807, 2.05) is 31.2 Å². The van der Waals surface area contributed by atoms with Crippen molar-refractivity contribution in [2.24, 2.45) is 4.99 Å². The van der Waals surface area contributed by atoms with Crippen LogP contribution in [0.2, 0.25) is 0 Å². The Labute approximate surface area is 162 Å². The molecule has 138 valence electrons. The van der Waals surface area contributed by atoms with Crippen LogP contribution in [0.3, 0.4) is 0 Å². The Morgan fingerprint density at radius 2 is 1.88 bits per heavy atom. The highest BCUT2D eigenvalue weighted by molar-refractivity contribution is 14.0. The second-order valence-corrected chi connectivity index (χ2v) is 8.54. The second-order valence-electron chi connectivity index (χ2n) is 5.89. The number of ether oxygens (including phenoxy) is 1. The maximum atomic E-state index is 11.8. The van der Waals surface area contributed by atoms with E-state index in [9.17, 15) is 8.42 Å². The number of hydrogen-bond donors (Lipinski definition) is 2. The van der Waals surface area contributed by atoms with Crippen LogP contribution < -0.4 is 15.4 Å². The van der Waals surface area contributed by atoms with Crippen LogP contribution in [0.4, 0.5) is 0 Å². The summed E-state index contributed by atoms with van der Waals surface area (Å²) in [5.41, 5.74) is 0.967. The molecule has 0 aliphatic rings. The van der Waals surface area contributed by atoms with Gasteiger partial charge in [-0.1, -0.05) is 18.2 Å². The molecule has 1 aromatic carbocycles. The molecule has 0 aliphatic carbocycles. The van der Waals surface area contributed by atoms with E-state index in [1.54, 1.807) is 21.0 Å². The quantitative estimate of drug-likeness (QED) is 0.364. The molecule has 0 amide bonds. The molecule has 0 aromatic heterocycles. The summed E-state index contributed by atoms with van der Waals surface area (Å²) in [5, 5.41) is 6.21. The van der Waals surface area contributed by atoms with Crippen molar-refractivity contribution in [3.63, 3.8) is 0 Å². The molecule has 0 saturated heterocycles. The van der Waals surface area contributed by atoms with Gasteiger partial charge in [0.1, 0.15) is 5.75 Å². The van der Waals surface area contributed by atoms with E-state index in [2.05, 4.69) is 15.6 Å². The molecule has 1 rings (SSSR count). The van der Waals surface area contributed by atoms with Gasteiger partial charge in [-0.15, -0.1) is 24.0 Å². The van der Waals surface area contributed by atoms with Crippen LogP contribution >= 0.6 is 24.0 Å². The molecule has 0 saturated carbocycles. The SMILES string of the molecule is CCNC(=NCc1ccccc1OC)NCC(C)(C)S(C)(=O)=O.I. The normalized spacial score (nSPS) is 12.3. The van der Waals surface area contributed by atoms with E-state index in [0.29, 0.717) is 19.0 Å². The summed E-state index contributed by atoms with van der Waals surface area (Å²) in [6.07, 6.45) is 1.24. The molecule has 0 heterocycles.